The Morgan fingerprint density at radius 1 is 1.12 bits per heavy atom. The molecule has 0 aliphatic carbocycles. The number of halogens is 4. The van der Waals surface area contributed by atoms with E-state index >= 15 is 0 Å². The maximum absolute atomic E-state index is 14.6. The second-order valence-electron chi connectivity index (χ2n) is 11.2. The smallest absolute Gasteiger partial charge is 0.360 e. The van der Waals surface area contributed by atoms with Crippen LogP contribution in [0.3, 0.4) is 0 Å². The van der Waals surface area contributed by atoms with Gasteiger partial charge in [-0.15, -0.1) is 0 Å². The van der Waals surface area contributed by atoms with Crippen LogP contribution in [0.25, 0.3) is 16.7 Å². The van der Waals surface area contributed by atoms with Crippen LogP contribution in [-0.4, -0.2) is 97.9 Å². The molecule has 1 N–H and O–H groups in total. The molecule has 1 fully saturated rings. The summed E-state index contributed by atoms with van der Waals surface area (Å²) < 4.78 is 64.9. The van der Waals surface area contributed by atoms with E-state index in [9.17, 15) is 17.6 Å². The van der Waals surface area contributed by atoms with E-state index in [1.807, 2.05) is 18.9 Å². The van der Waals surface area contributed by atoms with Crippen LogP contribution in [0.5, 0.6) is 0 Å². The first-order chi connectivity index (χ1) is 19.3. The lowest BCUT2D eigenvalue weighted by Crippen LogP contribution is -2.51. The third-order valence-corrected chi connectivity index (χ3v) is 8.41. The van der Waals surface area contributed by atoms with E-state index in [1.165, 1.54) is 6.07 Å². The van der Waals surface area contributed by atoms with Gasteiger partial charge in [0.15, 0.2) is 11.5 Å². The van der Waals surface area contributed by atoms with Gasteiger partial charge < -0.3 is 24.4 Å². The summed E-state index contributed by atoms with van der Waals surface area (Å²) in [5, 5.41) is 7.05. The average molecular weight is 598 g/mol. The van der Waals surface area contributed by atoms with Crippen LogP contribution in [0.1, 0.15) is 18.3 Å². The average Bonchev–Trinajstić information content (AvgIpc) is 3.47. The van der Waals surface area contributed by atoms with Crippen molar-refractivity contribution >= 4 is 38.6 Å². The zero-order valence-corrected chi connectivity index (χ0v) is 24.6. The Kier molecular flexibility index (Phi) is 8.05. The normalized spacial score (nSPS) is 17.6. The highest BCUT2D eigenvalue weighted by molar-refractivity contribution is 8.32. The second kappa shape index (κ2) is 11.2. The fourth-order valence-corrected chi connectivity index (χ4v) is 5.43. The van der Waals surface area contributed by atoms with E-state index in [0.29, 0.717) is 24.5 Å². The molecular weight excluding hydrogens is 562 g/mol. The number of alkyl halides is 3. The minimum atomic E-state index is -4.64. The Balaban J connectivity index is 1.49. The van der Waals surface area contributed by atoms with Crippen molar-refractivity contribution in [2.45, 2.75) is 32.4 Å². The SMILES string of the molecule is C[C@H]1CN(C)CCN1c1nc(NCc2nc3c(F)cccc3n2COCCS(C)(C)C)n2ncc(C(F)(F)F)c2n1. The lowest BCUT2D eigenvalue weighted by molar-refractivity contribution is -0.136. The Morgan fingerprint density at radius 3 is 2.61 bits per heavy atom. The number of likely N-dealkylation sites (N-methyl/N-ethyl adjacent to an activating group) is 1. The van der Waals surface area contributed by atoms with Crippen LogP contribution in [0.4, 0.5) is 29.5 Å². The highest BCUT2D eigenvalue weighted by Gasteiger charge is 2.37. The number of imidazole rings is 1. The third kappa shape index (κ3) is 6.36. The zero-order chi connectivity index (χ0) is 29.5. The molecule has 1 atom stereocenters. The van der Waals surface area contributed by atoms with E-state index in [1.54, 1.807) is 16.7 Å². The number of anilines is 2. The number of nitrogens with one attached hydrogen (secondary N) is 1. The molecular formula is C26H35F4N9OS. The molecule has 0 saturated carbocycles. The number of fused-ring (bicyclic) bond motifs is 2. The predicted molar refractivity (Wildman–Crippen MR) is 153 cm³/mol. The highest BCUT2D eigenvalue weighted by atomic mass is 32.3. The topological polar surface area (TPSA) is 88.6 Å². The summed E-state index contributed by atoms with van der Waals surface area (Å²) >= 11 is 0. The first-order valence-electron chi connectivity index (χ1n) is 13.2. The van der Waals surface area contributed by atoms with Crippen LogP contribution in [-0.2, 0) is 24.2 Å². The van der Waals surface area contributed by atoms with E-state index in [-0.39, 0.29) is 42.4 Å². The van der Waals surface area contributed by atoms with Gasteiger partial charge in [0.25, 0.3) is 0 Å². The first-order valence-corrected chi connectivity index (χ1v) is 16.2. The van der Waals surface area contributed by atoms with Crippen molar-refractivity contribution in [3.63, 3.8) is 0 Å². The van der Waals surface area contributed by atoms with Crippen molar-refractivity contribution in [3.05, 3.63) is 41.6 Å². The molecule has 0 spiro atoms. The Morgan fingerprint density at radius 2 is 1.90 bits per heavy atom. The van der Waals surface area contributed by atoms with Crippen LogP contribution in [0.2, 0.25) is 0 Å². The molecule has 3 aromatic heterocycles. The molecule has 10 nitrogen and oxygen atoms in total. The maximum Gasteiger partial charge on any atom is 0.421 e. The van der Waals surface area contributed by atoms with Gasteiger partial charge in [-0.05, 0) is 44.9 Å². The summed E-state index contributed by atoms with van der Waals surface area (Å²) in [6, 6.07) is 4.68. The lowest BCUT2D eigenvalue weighted by atomic mass is 10.2. The van der Waals surface area contributed by atoms with Gasteiger partial charge in [-0.2, -0.15) is 32.8 Å². The lowest BCUT2D eigenvalue weighted by Gasteiger charge is -2.38. The standard InChI is InChI=1S/C26H35F4N9OS/c1-17-15-36(2)9-10-37(17)25-34-23-18(26(28,29)30)13-32-39(23)24(35-25)31-14-21-33-22-19(27)7-6-8-20(22)38(21)16-40-11-12-41(3,4)5/h6-8,13,17H,9-12,14-16H2,1-5H3,(H,31,34,35)/t17-/m0/s1. The van der Waals surface area contributed by atoms with Crippen molar-refractivity contribution < 1.29 is 22.3 Å². The van der Waals surface area contributed by atoms with Gasteiger partial charge in [0.05, 0.1) is 24.9 Å². The molecule has 1 aliphatic rings. The van der Waals surface area contributed by atoms with E-state index in [2.05, 4.69) is 49.0 Å². The summed E-state index contributed by atoms with van der Waals surface area (Å²) in [6.07, 6.45) is 2.71. The summed E-state index contributed by atoms with van der Waals surface area (Å²) in [4.78, 5) is 17.4. The molecule has 1 saturated heterocycles. The summed E-state index contributed by atoms with van der Waals surface area (Å²) in [5.41, 5.74) is -0.547. The van der Waals surface area contributed by atoms with Crippen LogP contribution in [0, 0.1) is 5.82 Å². The van der Waals surface area contributed by atoms with Crippen LogP contribution < -0.4 is 10.2 Å². The van der Waals surface area contributed by atoms with E-state index < -0.39 is 27.6 Å². The van der Waals surface area contributed by atoms with Crippen molar-refractivity contribution in [1.82, 2.24) is 34.0 Å². The number of ether oxygens (including phenoxy) is 1. The molecule has 15 heteroatoms. The van der Waals surface area contributed by atoms with Crippen molar-refractivity contribution in [2.75, 3.05) is 68.0 Å². The van der Waals surface area contributed by atoms with Gasteiger partial charge in [-0.1, -0.05) is 6.07 Å². The predicted octanol–water partition coefficient (Wildman–Crippen LogP) is 4.05. The molecule has 0 bridgehead atoms. The number of hydrogen-bond acceptors (Lipinski definition) is 8. The van der Waals surface area contributed by atoms with Crippen molar-refractivity contribution in [2.24, 2.45) is 0 Å². The maximum atomic E-state index is 14.6. The van der Waals surface area contributed by atoms with Gasteiger partial charge in [0, 0.05) is 31.4 Å². The van der Waals surface area contributed by atoms with E-state index in [0.717, 1.165) is 29.6 Å². The number of para-hydroxylation sites is 1. The van der Waals surface area contributed by atoms with Gasteiger partial charge in [0.2, 0.25) is 11.9 Å². The molecule has 224 valence electrons. The fourth-order valence-electron chi connectivity index (χ4n) is 4.81. The quantitative estimate of drug-likeness (QED) is 0.229. The monoisotopic (exact) mass is 597 g/mol. The number of benzene rings is 1. The molecule has 5 rings (SSSR count). The van der Waals surface area contributed by atoms with Gasteiger partial charge in [-0.25, -0.2) is 19.4 Å². The molecule has 4 aromatic rings. The number of hydrogen-bond donors (Lipinski definition) is 1. The molecule has 4 heterocycles. The molecule has 0 amide bonds. The first kappa shape index (κ1) is 29.3. The van der Waals surface area contributed by atoms with Gasteiger partial charge in [0.1, 0.15) is 23.6 Å². The summed E-state index contributed by atoms with van der Waals surface area (Å²) in [6.45, 7) is 4.70. The molecule has 1 aromatic carbocycles. The Hall–Kier alpha value is -3.17. The Bertz CT molecular complexity index is 1530. The van der Waals surface area contributed by atoms with Crippen molar-refractivity contribution in [1.29, 1.82) is 0 Å². The van der Waals surface area contributed by atoms with Crippen LogP contribution >= 0.6 is 10.0 Å². The van der Waals surface area contributed by atoms with Crippen molar-refractivity contribution in [3.8, 4) is 0 Å². The molecule has 0 unspecified atom stereocenters. The largest absolute Gasteiger partial charge is 0.421 e. The zero-order valence-electron chi connectivity index (χ0n) is 23.7. The number of aromatic nitrogens is 6. The molecule has 0 radical (unpaired) electrons. The van der Waals surface area contributed by atoms with Gasteiger partial charge >= 0.3 is 6.18 Å². The number of rotatable bonds is 9. The summed E-state index contributed by atoms with van der Waals surface area (Å²) in [7, 11) is 1.24. The molecule has 1 aliphatic heterocycles. The van der Waals surface area contributed by atoms with E-state index in [4.69, 9.17) is 4.74 Å². The second-order valence-corrected chi connectivity index (χ2v) is 15.8. The third-order valence-electron chi connectivity index (χ3n) is 7.02. The van der Waals surface area contributed by atoms with Gasteiger partial charge in [-0.3, -0.25) is 0 Å². The number of nitrogens with zero attached hydrogens (tertiary/aromatic N) is 8. The highest BCUT2D eigenvalue weighted by Crippen LogP contribution is 2.34. The number of piperazine rings is 1. The fraction of sp³-hybridized carbons (Fsp3) is 0.538. The minimum Gasteiger partial charge on any atom is -0.360 e. The Labute approximate surface area is 237 Å². The summed E-state index contributed by atoms with van der Waals surface area (Å²) in [5.74, 6) is 1.13. The molecule has 41 heavy (non-hydrogen) atoms. The minimum absolute atomic E-state index is 0.0134. The van der Waals surface area contributed by atoms with Crippen LogP contribution in [0.15, 0.2) is 24.4 Å².